The van der Waals surface area contributed by atoms with Crippen molar-refractivity contribution in [2.75, 3.05) is 18.6 Å². The molecule has 0 aromatic heterocycles. The van der Waals surface area contributed by atoms with Crippen molar-refractivity contribution in [2.24, 2.45) is 23.1 Å². The second-order valence-corrected chi connectivity index (χ2v) is 9.50. The highest BCUT2D eigenvalue weighted by Gasteiger charge is 2.32. The van der Waals surface area contributed by atoms with Gasteiger partial charge in [0.25, 0.3) is 0 Å². The van der Waals surface area contributed by atoms with Gasteiger partial charge >= 0.3 is 5.97 Å². The number of carboxylic acids is 1. The molecule has 5 atom stereocenters. The fourth-order valence-corrected chi connectivity index (χ4v) is 3.67. The first-order chi connectivity index (χ1) is 16.5. The molecule has 0 aromatic carbocycles. The highest BCUT2D eigenvalue weighted by molar-refractivity contribution is 7.98. The average Bonchev–Trinajstić information content (AvgIpc) is 2.81. The fourth-order valence-electron chi connectivity index (χ4n) is 3.18. The largest absolute Gasteiger partial charge is 0.480 e. The Morgan fingerprint density at radius 1 is 0.914 bits per heavy atom. The number of amides is 4. The Labute approximate surface area is 211 Å². The summed E-state index contributed by atoms with van der Waals surface area (Å²) in [6.07, 6.45) is 3.99. The summed E-state index contributed by atoms with van der Waals surface area (Å²) in [5.74, 6) is -3.40. The summed E-state index contributed by atoms with van der Waals surface area (Å²) in [5, 5.41) is 17.1. The molecule has 10 N–H and O–H groups in total. The summed E-state index contributed by atoms with van der Waals surface area (Å²) in [6, 6.07) is -4.10. The lowest BCUT2D eigenvalue weighted by molar-refractivity contribution is -0.143. The molecule has 0 aliphatic carbocycles. The normalized spacial score (nSPS) is 15.2. The van der Waals surface area contributed by atoms with Crippen molar-refractivity contribution < 1.29 is 29.1 Å². The predicted molar refractivity (Wildman–Crippen MR) is 135 cm³/mol. The molecule has 0 bridgehead atoms. The van der Waals surface area contributed by atoms with Crippen molar-refractivity contribution in [3.8, 4) is 0 Å². The van der Waals surface area contributed by atoms with E-state index in [2.05, 4.69) is 16.0 Å². The van der Waals surface area contributed by atoms with Gasteiger partial charge in [-0.15, -0.1) is 0 Å². The van der Waals surface area contributed by atoms with Crippen LogP contribution in [0.25, 0.3) is 0 Å². The van der Waals surface area contributed by atoms with Crippen molar-refractivity contribution in [3.63, 3.8) is 0 Å². The minimum absolute atomic E-state index is 0.177. The van der Waals surface area contributed by atoms with E-state index in [9.17, 15) is 29.1 Å². The van der Waals surface area contributed by atoms with E-state index < -0.39 is 53.8 Å². The number of carboxylic acid groups (broad SMARTS) is 1. The molecule has 0 rings (SSSR count). The molecule has 12 nitrogen and oxygen atoms in total. The van der Waals surface area contributed by atoms with Crippen LogP contribution < -0.4 is 33.2 Å². The maximum Gasteiger partial charge on any atom is 0.326 e. The lowest BCUT2D eigenvalue weighted by Gasteiger charge is -2.28. The molecule has 35 heavy (non-hydrogen) atoms. The molecule has 202 valence electrons. The van der Waals surface area contributed by atoms with Crippen LogP contribution in [0.1, 0.15) is 58.8 Å². The predicted octanol–water partition coefficient (Wildman–Crippen LogP) is -0.954. The van der Waals surface area contributed by atoms with Crippen LogP contribution in [0.4, 0.5) is 0 Å². The van der Waals surface area contributed by atoms with E-state index >= 15 is 0 Å². The van der Waals surface area contributed by atoms with E-state index in [0.717, 1.165) is 0 Å². The van der Waals surface area contributed by atoms with Crippen molar-refractivity contribution >= 4 is 41.4 Å². The lowest BCUT2D eigenvalue weighted by atomic mass is 9.96. The fraction of sp³-hybridized carbons (Fsp3) is 0.773. The molecule has 0 saturated heterocycles. The third-order valence-corrected chi connectivity index (χ3v) is 6.28. The van der Waals surface area contributed by atoms with Crippen LogP contribution in [0.5, 0.6) is 0 Å². The molecular formula is C22H42N6O6S. The number of aliphatic carboxylic acids is 1. The maximum absolute atomic E-state index is 13.1. The molecule has 0 aliphatic rings. The van der Waals surface area contributed by atoms with E-state index in [1.54, 1.807) is 18.7 Å². The molecule has 0 saturated carbocycles. The van der Waals surface area contributed by atoms with Crippen molar-refractivity contribution in [1.82, 2.24) is 16.0 Å². The topological polar surface area (TPSA) is 220 Å². The minimum Gasteiger partial charge on any atom is -0.480 e. The van der Waals surface area contributed by atoms with Gasteiger partial charge in [-0.25, -0.2) is 4.79 Å². The molecule has 4 amide bonds. The molecule has 0 heterocycles. The van der Waals surface area contributed by atoms with E-state index in [-0.39, 0.29) is 18.8 Å². The van der Waals surface area contributed by atoms with Gasteiger partial charge in [0.1, 0.15) is 18.1 Å². The standard InChI is InChI=1S/C22H42N6O6S/c1-4-13(2)18(21(32)27-16(22(33)34)8-9-17(25)29)28-20(31)15(7-5-6-11-23)26-19(30)14(24)10-12-35-3/h13-16,18H,4-12,23-24H2,1-3H3,(H2,25,29)(H,26,30)(H,27,32)(H,28,31)(H,33,34). The summed E-state index contributed by atoms with van der Waals surface area (Å²) in [5.41, 5.74) is 16.6. The number of primary amides is 1. The monoisotopic (exact) mass is 518 g/mol. The first kappa shape index (κ1) is 32.6. The Morgan fingerprint density at radius 3 is 2.06 bits per heavy atom. The van der Waals surface area contributed by atoms with Crippen molar-refractivity contribution in [2.45, 2.75) is 83.0 Å². The Morgan fingerprint density at radius 2 is 1.54 bits per heavy atom. The number of carbonyl (C=O) groups is 5. The van der Waals surface area contributed by atoms with Crippen LogP contribution in [-0.2, 0) is 24.0 Å². The number of carbonyl (C=O) groups excluding carboxylic acids is 4. The zero-order valence-electron chi connectivity index (χ0n) is 20.9. The number of nitrogens with one attached hydrogen (secondary N) is 3. The van der Waals surface area contributed by atoms with Gasteiger partial charge in [0.2, 0.25) is 23.6 Å². The summed E-state index contributed by atoms with van der Waals surface area (Å²) < 4.78 is 0. The van der Waals surface area contributed by atoms with E-state index in [1.165, 1.54) is 0 Å². The maximum atomic E-state index is 13.1. The minimum atomic E-state index is -1.34. The van der Waals surface area contributed by atoms with Crippen LogP contribution in [-0.4, -0.2) is 77.4 Å². The van der Waals surface area contributed by atoms with Crippen LogP contribution in [0.3, 0.4) is 0 Å². The Bertz CT molecular complexity index is 710. The molecule has 0 aromatic rings. The van der Waals surface area contributed by atoms with Gasteiger partial charge in [-0.3, -0.25) is 19.2 Å². The van der Waals surface area contributed by atoms with E-state index in [1.807, 2.05) is 13.2 Å². The van der Waals surface area contributed by atoms with Gasteiger partial charge in [0.05, 0.1) is 6.04 Å². The zero-order chi connectivity index (χ0) is 27.0. The lowest BCUT2D eigenvalue weighted by Crippen LogP contribution is -2.58. The molecule has 0 fully saturated rings. The first-order valence-electron chi connectivity index (χ1n) is 11.8. The zero-order valence-corrected chi connectivity index (χ0v) is 21.7. The van der Waals surface area contributed by atoms with Crippen LogP contribution in [0.2, 0.25) is 0 Å². The van der Waals surface area contributed by atoms with Crippen molar-refractivity contribution in [1.29, 1.82) is 0 Å². The highest BCUT2D eigenvalue weighted by Crippen LogP contribution is 2.11. The number of thioether (sulfide) groups is 1. The Balaban J connectivity index is 5.52. The van der Waals surface area contributed by atoms with Gasteiger partial charge in [0, 0.05) is 6.42 Å². The third kappa shape index (κ3) is 13.3. The summed E-state index contributed by atoms with van der Waals surface area (Å²) in [6.45, 7) is 3.99. The number of rotatable bonds is 19. The summed E-state index contributed by atoms with van der Waals surface area (Å²) in [4.78, 5) is 61.1. The Hall–Kier alpha value is -2.38. The van der Waals surface area contributed by atoms with Gasteiger partial charge in [-0.2, -0.15) is 11.8 Å². The van der Waals surface area contributed by atoms with E-state index in [0.29, 0.717) is 44.4 Å². The SMILES string of the molecule is CCC(C)C(NC(=O)C(CCCCN)NC(=O)C(N)CCSC)C(=O)NC(CCC(N)=O)C(=O)O. The highest BCUT2D eigenvalue weighted by atomic mass is 32.2. The van der Waals surface area contributed by atoms with E-state index in [4.69, 9.17) is 17.2 Å². The molecular weight excluding hydrogens is 476 g/mol. The number of hydrogen-bond acceptors (Lipinski definition) is 8. The quantitative estimate of drug-likeness (QED) is 0.105. The van der Waals surface area contributed by atoms with Gasteiger partial charge in [-0.05, 0) is 56.6 Å². The Kier molecular flexibility index (Phi) is 16.7. The molecule has 13 heteroatoms. The summed E-state index contributed by atoms with van der Waals surface area (Å²) >= 11 is 1.55. The van der Waals surface area contributed by atoms with Crippen LogP contribution in [0, 0.1) is 5.92 Å². The first-order valence-corrected chi connectivity index (χ1v) is 13.2. The third-order valence-electron chi connectivity index (χ3n) is 5.64. The summed E-state index contributed by atoms with van der Waals surface area (Å²) in [7, 11) is 0. The molecule has 0 spiro atoms. The second kappa shape index (κ2) is 18.0. The molecule has 0 aliphatic heterocycles. The van der Waals surface area contributed by atoms with Gasteiger partial charge in [0.15, 0.2) is 0 Å². The number of unbranched alkanes of at least 4 members (excludes halogenated alkanes) is 1. The van der Waals surface area contributed by atoms with Gasteiger partial charge in [-0.1, -0.05) is 20.3 Å². The smallest absolute Gasteiger partial charge is 0.326 e. The molecule has 0 radical (unpaired) electrons. The van der Waals surface area contributed by atoms with Crippen molar-refractivity contribution in [3.05, 3.63) is 0 Å². The van der Waals surface area contributed by atoms with Gasteiger partial charge < -0.3 is 38.3 Å². The second-order valence-electron chi connectivity index (χ2n) is 8.51. The van der Waals surface area contributed by atoms with Crippen LogP contribution >= 0.6 is 11.8 Å². The average molecular weight is 519 g/mol. The van der Waals surface area contributed by atoms with Crippen LogP contribution in [0.15, 0.2) is 0 Å². The number of nitrogens with two attached hydrogens (primary N) is 3. The molecule has 5 unspecified atom stereocenters. The number of hydrogen-bond donors (Lipinski definition) is 7.